The summed E-state index contributed by atoms with van der Waals surface area (Å²) < 4.78 is 10.3. The van der Waals surface area contributed by atoms with Crippen molar-refractivity contribution >= 4 is 29.0 Å². The number of carbonyl (C=O) groups is 1. The van der Waals surface area contributed by atoms with Crippen LogP contribution in [0.2, 0.25) is 10.0 Å². The first-order valence-electron chi connectivity index (χ1n) is 5.78. The van der Waals surface area contributed by atoms with E-state index in [1.54, 1.807) is 36.4 Å². The topological polar surface area (TPSA) is 35.5 Å². The molecule has 20 heavy (non-hydrogen) atoms. The van der Waals surface area contributed by atoms with E-state index in [9.17, 15) is 4.79 Å². The predicted octanol–water partition coefficient (Wildman–Crippen LogP) is 4.24. The van der Waals surface area contributed by atoms with Crippen molar-refractivity contribution in [2.24, 2.45) is 0 Å². The van der Waals surface area contributed by atoms with Crippen molar-refractivity contribution < 1.29 is 14.3 Å². The Bertz CT molecular complexity index is 631. The highest BCUT2D eigenvalue weighted by Gasteiger charge is 2.16. The fourth-order valence-corrected chi connectivity index (χ4v) is 2.16. The number of hydrogen-bond acceptors (Lipinski definition) is 3. The van der Waals surface area contributed by atoms with Gasteiger partial charge in [0, 0.05) is 17.2 Å². The zero-order valence-corrected chi connectivity index (χ0v) is 12.5. The molecule has 0 fully saturated rings. The molecular formula is C15H12Cl2O3. The van der Waals surface area contributed by atoms with Gasteiger partial charge in [0.15, 0.2) is 5.78 Å². The summed E-state index contributed by atoms with van der Waals surface area (Å²) >= 11 is 12.0. The van der Waals surface area contributed by atoms with E-state index in [-0.39, 0.29) is 10.8 Å². The van der Waals surface area contributed by atoms with Crippen molar-refractivity contribution in [1.29, 1.82) is 0 Å². The number of rotatable bonds is 4. The highest BCUT2D eigenvalue weighted by atomic mass is 35.5. The van der Waals surface area contributed by atoms with Crippen LogP contribution in [0.5, 0.6) is 11.5 Å². The summed E-state index contributed by atoms with van der Waals surface area (Å²) in [6, 6.07) is 9.88. The van der Waals surface area contributed by atoms with E-state index in [0.29, 0.717) is 27.6 Å². The van der Waals surface area contributed by atoms with Gasteiger partial charge in [-0.3, -0.25) is 4.79 Å². The maximum absolute atomic E-state index is 12.5. The molecule has 5 heteroatoms. The Kier molecular flexibility index (Phi) is 4.53. The lowest BCUT2D eigenvalue weighted by Crippen LogP contribution is -2.03. The Morgan fingerprint density at radius 2 is 1.60 bits per heavy atom. The van der Waals surface area contributed by atoms with Gasteiger partial charge in [0.1, 0.15) is 11.5 Å². The number of halogens is 2. The third-order valence-corrected chi connectivity index (χ3v) is 3.63. The van der Waals surface area contributed by atoms with E-state index >= 15 is 0 Å². The van der Waals surface area contributed by atoms with Crippen LogP contribution < -0.4 is 9.47 Å². The fourth-order valence-electron chi connectivity index (χ4n) is 1.77. The molecular weight excluding hydrogens is 299 g/mol. The van der Waals surface area contributed by atoms with Crippen LogP contribution in [0.1, 0.15) is 15.9 Å². The van der Waals surface area contributed by atoms with Gasteiger partial charge in [0.25, 0.3) is 0 Å². The summed E-state index contributed by atoms with van der Waals surface area (Å²) in [5, 5.41) is 0.577. The van der Waals surface area contributed by atoms with Gasteiger partial charge in [-0.2, -0.15) is 0 Å². The molecule has 2 aromatic rings. The first-order chi connectivity index (χ1) is 9.56. The number of ketones is 1. The Labute approximate surface area is 127 Å². The lowest BCUT2D eigenvalue weighted by Gasteiger charge is -2.09. The zero-order chi connectivity index (χ0) is 14.7. The van der Waals surface area contributed by atoms with Crippen molar-refractivity contribution in [2.45, 2.75) is 0 Å². The van der Waals surface area contributed by atoms with Gasteiger partial charge in [-0.1, -0.05) is 29.3 Å². The van der Waals surface area contributed by atoms with Crippen molar-refractivity contribution in [3.63, 3.8) is 0 Å². The maximum Gasteiger partial charge on any atom is 0.194 e. The summed E-state index contributed by atoms with van der Waals surface area (Å²) in [7, 11) is 3.05. The van der Waals surface area contributed by atoms with Gasteiger partial charge in [-0.25, -0.2) is 0 Å². The minimum Gasteiger partial charge on any atom is -0.497 e. The van der Waals surface area contributed by atoms with E-state index in [1.165, 1.54) is 14.2 Å². The van der Waals surface area contributed by atoms with Crippen LogP contribution in [0.25, 0.3) is 0 Å². The molecule has 0 unspecified atom stereocenters. The summed E-state index contributed by atoms with van der Waals surface area (Å²) in [5.74, 6) is 0.825. The monoisotopic (exact) mass is 310 g/mol. The molecule has 0 spiro atoms. The minimum absolute atomic E-state index is 0.237. The smallest absolute Gasteiger partial charge is 0.194 e. The lowest BCUT2D eigenvalue weighted by atomic mass is 10.0. The number of carbonyl (C=O) groups excluding carboxylic acids is 1. The molecule has 0 aliphatic rings. The second-order valence-corrected chi connectivity index (χ2v) is 4.82. The molecule has 0 saturated carbocycles. The first kappa shape index (κ1) is 14.7. The highest BCUT2D eigenvalue weighted by Crippen LogP contribution is 2.29. The number of benzene rings is 2. The summed E-state index contributed by atoms with van der Waals surface area (Å²) in [6.45, 7) is 0. The van der Waals surface area contributed by atoms with Crippen LogP contribution in [-0.2, 0) is 0 Å². The standard InChI is InChI=1S/C15H12Cl2O3/c1-19-10-6-9(7-11(8-10)20-2)15(18)12-4-3-5-13(16)14(12)17/h3-8H,1-2H3. The average molecular weight is 311 g/mol. The summed E-state index contributed by atoms with van der Waals surface area (Å²) in [5.41, 5.74) is 0.764. The van der Waals surface area contributed by atoms with Crippen LogP contribution in [0.4, 0.5) is 0 Å². The molecule has 0 radical (unpaired) electrons. The third kappa shape index (κ3) is 2.89. The molecule has 0 aliphatic heterocycles. The Morgan fingerprint density at radius 1 is 1.00 bits per heavy atom. The normalized spacial score (nSPS) is 10.2. The van der Waals surface area contributed by atoms with E-state index in [2.05, 4.69) is 0 Å². The molecule has 0 amide bonds. The van der Waals surface area contributed by atoms with Crippen LogP contribution in [-0.4, -0.2) is 20.0 Å². The number of ether oxygens (including phenoxy) is 2. The van der Waals surface area contributed by atoms with E-state index < -0.39 is 0 Å². The molecule has 0 saturated heterocycles. The Hall–Kier alpha value is -1.71. The van der Waals surface area contributed by atoms with Crippen LogP contribution in [0, 0.1) is 0 Å². The van der Waals surface area contributed by atoms with Crippen LogP contribution >= 0.6 is 23.2 Å². The number of methoxy groups -OCH3 is 2. The molecule has 104 valence electrons. The highest BCUT2D eigenvalue weighted by molar-refractivity contribution is 6.44. The molecule has 3 nitrogen and oxygen atoms in total. The molecule has 0 N–H and O–H groups in total. The largest absolute Gasteiger partial charge is 0.497 e. The molecule has 2 rings (SSSR count). The van der Waals surface area contributed by atoms with E-state index in [4.69, 9.17) is 32.7 Å². The van der Waals surface area contributed by atoms with Crippen LogP contribution in [0.15, 0.2) is 36.4 Å². The summed E-state index contributed by atoms with van der Waals surface area (Å²) in [6.07, 6.45) is 0. The molecule has 0 heterocycles. The van der Waals surface area contributed by atoms with Gasteiger partial charge in [-0.15, -0.1) is 0 Å². The maximum atomic E-state index is 12.5. The molecule has 0 bridgehead atoms. The second-order valence-electron chi connectivity index (χ2n) is 4.03. The Balaban J connectivity index is 2.50. The van der Waals surface area contributed by atoms with Crippen LogP contribution in [0.3, 0.4) is 0 Å². The summed E-state index contributed by atoms with van der Waals surface area (Å²) in [4.78, 5) is 12.5. The first-order valence-corrected chi connectivity index (χ1v) is 6.54. The molecule has 2 aromatic carbocycles. The van der Waals surface area contributed by atoms with E-state index in [0.717, 1.165) is 0 Å². The van der Waals surface area contributed by atoms with E-state index in [1.807, 2.05) is 0 Å². The SMILES string of the molecule is COc1cc(OC)cc(C(=O)c2cccc(Cl)c2Cl)c1. The van der Waals surface area contributed by atoms with Gasteiger partial charge < -0.3 is 9.47 Å². The Morgan fingerprint density at radius 3 is 2.15 bits per heavy atom. The second kappa shape index (κ2) is 6.16. The van der Waals surface area contributed by atoms with Gasteiger partial charge in [0.05, 0.1) is 24.3 Å². The lowest BCUT2D eigenvalue weighted by molar-refractivity contribution is 0.103. The van der Waals surface area contributed by atoms with Gasteiger partial charge >= 0.3 is 0 Å². The van der Waals surface area contributed by atoms with Crippen molar-refractivity contribution in [3.05, 3.63) is 57.6 Å². The van der Waals surface area contributed by atoms with Crippen molar-refractivity contribution in [1.82, 2.24) is 0 Å². The zero-order valence-electron chi connectivity index (χ0n) is 10.9. The molecule has 0 atom stereocenters. The third-order valence-electron chi connectivity index (χ3n) is 2.81. The van der Waals surface area contributed by atoms with Gasteiger partial charge in [0.2, 0.25) is 0 Å². The van der Waals surface area contributed by atoms with Gasteiger partial charge in [-0.05, 0) is 24.3 Å². The van der Waals surface area contributed by atoms with Crippen molar-refractivity contribution in [2.75, 3.05) is 14.2 Å². The molecule has 0 aromatic heterocycles. The quantitative estimate of drug-likeness (QED) is 0.792. The predicted molar refractivity (Wildman–Crippen MR) is 79.4 cm³/mol. The molecule has 0 aliphatic carbocycles. The average Bonchev–Trinajstić information content (AvgIpc) is 2.48. The fraction of sp³-hybridized carbons (Fsp3) is 0.133. The minimum atomic E-state index is -0.241. The van der Waals surface area contributed by atoms with Crippen molar-refractivity contribution in [3.8, 4) is 11.5 Å². The number of hydrogen-bond donors (Lipinski definition) is 0.